The first-order chi connectivity index (χ1) is 14.7. The number of aromatic carboxylic acids is 1. The molecule has 0 aliphatic rings. The average molecular weight is 429 g/mol. The van der Waals surface area contributed by atoms with Crippen LogP contribution in [0.3, 0.4) is 0 Å². The number of aliphatic carboxylic acids is 1. The van der Waals surface area contributed by atoms with Crippen molar-refractivity contribution in [1.82, 2.24) is 5.48 Å². The van der Waals surface area contributed by atoms with Gasteiger partial charge in [-0.05, 0) is 48.2 Å². The highest BCUT2D eigenvalue weighted by molar-refractivity contribution is 5.87. The Labute approximate surface area is 178 Å². The normalized spacial score (nSPS) is 11.4. The Balaban J connectivity index is 1.76. The van der Waals surface area contributed by atoms with E-state index in [1.54, 1.807) is 36.4 Å². The van der Waals surface area contributed by atoms with Crippen LogP contribution in [-0.4, -0.2) is 34.0 Å². The molecule has 9 heteroatoms. The lowest BCUT2D eigenvalue weighted by Gasteiger charge is -2.13. The van der Waals surface area contributed by atoms with E-state index in [0.29, 0.717) is 11.3 Å². The molecule has 0 saturated heterocycles. The van der Waals surface area contributed by atoms with Gasteiger partial charge in [-0.3, -0.25) is 19.2 Å². The number of amides is 1. The van der Waals surface area contributed by atoms with Crippen LogP contribution in [0.25, 0.3) is 0 Å². The molecule has 31 heavy (non-hydrogen) atoms. The fraction of sp³-hybridized carbons (Fsp3) is 0.273. The van der Waals surface area contributed by atoms with Gasteiger partial charge in [0.05, 0.1) is 18.1 Å². The summed E-state index contributed by atoms with van der Waals surface area (Å²) in [5.41, 5.74) is 3.80. The first-order valence-corrected chi connectivity index (χ1v) is 9.47. The van der Waals surface area contributed by atoms with Crippen LogP contribution in [0.15, 0.2) is 48.5 Å². The zero-order chi connectivity index (χ0) is 22.8. The molecule has 1 amide bonds. The lowest BCUT2D eigenvalue weighted by Crippen LogP contribution is -2.25. The summed E-state index contributed by atoms with van der Waals surface area (Å²) >= 11 is 0. The molecule has 1 atom stereocenters. The molecule has 0 spiro atoms. The molecule has 0 aromatic heterocycles. The van der Waals surface area contributed by atoms with E-state index in [1.807, 2.05) is 0 Å². The summed E-state index contributed by atoms with van der Waals surface area (Å²) in [6.45, 7) is 1.39. The van der Waals surface area contributed by atoms with Gasteiger partial charge in [0.25, 0.3) is 0 Å². The molecule has 0 saturated carbocycles. The molecule has 0 fully saturated rings. The van der Waals surface area contributed by atoms with Gasteiger partial charge in [-0.2, -0.15) is 0 Å². The van der Waals surface area contributed by atoms with E-state index < -0.39 is 29.7 Å². The van der Waals surface area contributed by atoms with Gasteiger partial charge in [-0.15, -0.1) is 0 Å². The van der Waals surface area contributed by atoms with Crippen molar-refractivity contribution in [3.05, 3.63) is 65.2 Å². The van der Waals surface area contributed by atoms with Gasteiger partial charge in [0.15, 0.2) is 0 Å². The Bertz CT molecular complexity index is 922. The van der Waals surface area contributed by atoms with Gasteiger partial charge in [-0.25, -0.2) is 10.3 Å². The van der Waals surface area contributed by atoms with Crippen LogP contribution < -0.4 is 10.2 Å². The Morgan fingerprint density at radius 1 is 0.935 bits per heavy atom. The van der Waals surface area contributed by atoms with Crippen molar-refractivity contribution in [2.24, 2.45) is 5.92 Å². The molecular formula is C22H23NO8. The predicted molar refractivity (Wildman–Crippen MR) is 108 cm³/mol. The number of hydrogen-bond acceptors (Lipinski definition) is 6. The average Bonchev–Trinajstić information content (AvgIpc) is 2.72. The highest BCUT2D eigenvalue weighted by Gasteiger charge is 2.19. The lowest BCUT2D eigenvalue weighted by molar-refractivity contribution is -0.142. The Morgan fingerprint density at radius 2 is 1.55 bits per heavy atom. The van der Waals surface area contributed by atoms with Gasteiger partial charge in [0.1, 0.15) is 5.75 Å². The molecule has 164 valence electrons. The first kappa shape index (κ1) is 23.6. The molecule has 0 aliphatic carbocycles. The fourth-order valence-corrected chi connectivity index (χ4v) is 2.76. The van der Waals surface area contributed by atoms with E-state index in [0.717, 1.165) is 5.56 Å². The van der Waals surface area contributed by atoms with Crippen molar-refractivity contribution in [3.63, 3.8) is 0 Å². The highest BCUT2D eigenvalue weighted by Crippen LogP contribution is 2.16. The second kappa shape index (κ2) is 11.5. The Kier molecular flexibility index (Phi) is 8.71. The molecule has 0 heterocycles. The Morgan fingerprint density at radius 3 is 2.10 bits per heavy atom. The number of carbonyl (C=O) groups is 4. The maximum absolute atomic E-state index is 12.0. The van der Waals surface area contributed by atoms with Crippen LogP contribution >= 0.6 is 0 Å². The number of carboxylic acids is 2. The third-order valence-electron chi connectivity index (χ3n) is 4.36. The molecule has 2 rings (SSSR count). The number of esters is 1. The smallest absolute Gasteiger partial charge is 0.335 e. The van der Waals surface area contributed by atoms with E-state index in [9.17, 15) is 24.3 Å². The minimum atomic E-state index is -1.06. The molecule has 2 aromatic rings. The summed E-state index contributed by atoms with van der Waals surface area (Å²) in [6.07, 6.45) is 0.232. The van der Waals surface area contributed by atoms with Crippen LogP contribution in [0.5, 0.6) is 5.75 Å². The predicted octanol–water partition coefficient (Wildman–Crippen LogP) is 2.58. The number of carbonyl (C=O) groups excluding carboxylic acids is 2. The Hall–Kier alpha value is -3.72. The lowest BCUT2D eigenvalue weighted by atomic mass is 9.94. The minimum Gasteiger partial charge on any atom is -0.481 e. The maximum Gasteiger partial charge on any atom is 0.335 e. The summed E-state index contributed by atoms with van der Waals surface area (Å²) in [6, 6.07) is 12.5. The van der Waals surface area contributed by atoms with Crippen molar-refractivity contribution in [2.45, 2.75) is 32.8 Å². The topological polar surface area (TPSA) is 139 Å². The van der Waals surface area contributed by atoms with Crippen LogP contribution in [0, 0.1) is 5.92 Å². The molecule has 0 aliphatic heterocycles. The standard InChI is InChI=1S/C22H23NO8/c1-14(24)31-19-9-4-16(5-10-19)13-30-23-20(25)11-8-18(22(28)29)12-15-2-6-17(7-3-15)21(26)27/h2-7,9-10,18H,8,11-13H2,1H3,(H,23,25)(H,26,27)(H,28,29). The van der Waals surface area contributed by atoms with E-state index >= 15 is 0 Å². The first-order valence-electron chi connectivity index (χ1n) is 9.47. The largest absolute Gasteiger partial charge is 0.481 e. The molecule has 0 bridgehead atoms. The number of benzene rings is 2. The summed E-state index contributed by atoms with van der Waals surface area (Å²) in [4.78, 5) is 50.4. The second-order valence-corrected chi connectivity index (χ2v) is 6.83. The number of rotatable bonds is 11. The van der Waals surface area contributed by atoms with E-state index in [1.165, 1.54) is 19.1 Å². The van der Waals surface area contributed by atoms with E-state index in [2.05, 4.69) is 5.48 Å². The van der Waals surface area contributed by atoms with Crippen LogP contribution in [0.4, 0.5) is 0 Å². The van der Waals surface area contributed by atoms with E-state index in [-0.39, 0.29) is 31.4 Å². The molecular weight excluding hydrogens is 406 g/mol. The van der Waals surface area contributed by atoms with Crippen molar-refractivity contribution in [1.29, 1.82) is 0 Å². The summed E-state index contributed by atoms with van der Waals surface area (Å²) in [7, 11) is 0. The summed E-state index contributed by atoms with van der Waals surface area (Å²) in [5.74, 6) is -3.37. The molecule has 0 radical (unpaired) electrons. The third-order valence-corrected chi connectivity index (χ3v) is 4.36. The van der Waals surface area contributed by atoms with Crippen LogP contribution in [0.2, 0.25) is 0 Å². The number of nitrogens with one attached hydrogen (secondary N) is 1. The number of hydroxylamine groups is 1. The monoisotopic (exact) mass is 429 g/mol. The molecule has 3 N–H and O–H groups in total. The molecule has 2 aromatic carbocycles. The summed E-state index contributed by atoms with van der Waals surface area (Å²) in [5, 5.41) is 18.3. The number of carboxylic acid groups (broad SMARTS) is 2. The van der Waals surface area contributed by atoms with Crippen LogP contribution in [0.1, 0.15) is 41.3 Å². The van der Waals surface area contributed by atoms with Crippen molar-refractivity contribution < 1.29 is 39.0 Å². The zero-order valence-electron chi connectivity index (χ0n) is 16.9. The van der Waals surface area contributed by atoms with Crippen molar-refractivity contribution in [3.8, 4) is 5.75 Å². The highest BCUT2D eigenvalue weighted by atomic mass is 16.6. The van der Waals surface area contributed by atoms with Gasteiger partial charge in [-0.1, -0.05) is 24.3 Å². The van der Waals surface area contributed by atoms with Crippen LogP contribution in [-0.2, 0) is 32.2 Å². The molecule has 9 nitrogen and oxygen atoms in total. The van der Waals surface area contributed by atoms with E-state index in [4.69, 9.17) is 14.7 Å². The summed E-state index contributed by atoms with van der Waals surface area (Å²) < 4.78 is 4.92. The van der Waals surface area contributed by atoms with Gasteiger partial charge >= 0.3 is 17.9 Å². The fourth-order valence-electron chi connectivity index (χ4n) is 2.76. The number of hydrogen-bond donors (Lipinski definition) is 3. The second-order valence-electron chi connectivity index (χ2n) is 6.83. The maximum atomic E-state index is 12.0. The van der Waals surface area contributed by atoms with Crippen molar-refractivity contribution in [2.75, 3.05) is 0 Å². The molecule has 1 unspecified atom stereocenters. The van der Waals surface area contributed by atoms with Gasteiger partial charge in [0.2, 0.25) is 5.91 Å². The van der Waals surface area contributed by atoms with Crippen molar-refractivity contribution >= 4 is 23.8 Å². The van der Waals surface area contributed by atoms with Gasteiger partial charge < -0.3 is 14.9 Å². The number of ether oxygens (including phenoxy) is 1. The SMILES string of the molecule is CC(=O)Oc1ccc(CONC(=O)CCC(Cc2ccc(C(=O)O)cc2)C(=O)O)cc1. The third kappa shape index (κ3) is 8.27. The quantitative estimate of drug-likeness (QED) is 0.281. The minimum absolute atomic E-state index is 0.0461. The van der Waals surface area contributed by atoms with Gasteiger partial charge in [0, 0.05) is 13.3 Å². The zero-order valence-corrected chi connectivity index (χ0v) is 16.9.